The fourth-order valence-electron chi connectivity index (χ4n) is 2.43. The smallest absolute Gasteiger partial charge is 0.369 e. The predicted molar refractivity (Wildman–Crippen MR) is 62.6 cm³/mol. The first-order valence-corrected chi connectivity index (χ1v) is 6.63. The average Bonchev–Trinajstić information content (AvgIpc) is 2.23. The molecule has 2 unspecified atom stereocenters. The molecule has 1 heterocycles. The van der Waals surface area contributed by atoms with E-state index in [0.717, 1.165) is 12.8 Å². The third-order valence-corrected chi connectivity index (χ3v) is 3.61. The van der Waals surface area contributed by atoms with Crippen molar-refractivity contribution in [3.05, 3.63) is 0 Å². The van der Waals surface area contributed by atoms with Crippen molar-refractivity contribution in [1.82, 2.24) is 10.6 Å². The van der Waals surface area contributed by atoms with Gasteiger partial charge in [0, 0.05) is 19.1 Å². The average molecular weight is 280 g/mol. The van der Waals surface area contributed by atoms with E-state index in [4.69, 9.17) is 4.74 Å². The summed E-state index contributed by atoms with van der Waals surface area (Å²) in [4.78, 5) is 11.7. The molecule has 2 N–H and O–H groups in total. The number of hydrogen-bond acceptors (Lipinski definition) is 3. The molecule has 19 heavy (non-hydrogen) atoms. The highest BCUT2D eigenvalue weighted by molar-refractivity contribution is 5.80. The second-order valence-electron chi connectivity index (χ2n) is 5.28. The monoisotopic (exact) mass is 280 g/mol. The van der Waals surface area contributed by atoms with Gasteiger partial charge in [0.2, 0.25) is 5.91 Å². The van der Waals surface area contributed by atoms with Gasteiger partial charge in [0.1, 0.15) is 6.61 Å². The lowest BCUT2D eigenvalue weighted by molar-refractivity contribution is -0.188. The Morgan fingerprint density at radius 1 is 1.32 bits per heavy atom. The molecule has 0 radical (unpaired) electrons. The summed E-state index contributed by atoms with van der Waals surface area (Å²) in [6.45, 7) is 0.171. The molecule has 2 rings (SSSR count). The Balaban J connectivity index is 1.72. The second kappa shape index (κ2) is 6.09. The molecule has 2 fully saturated rings. The van der Waals surface area contributed by atoms with Gasteiger partial charge in [-0.25, -0.2) is 0 Å². The molecule has 1 aliphatic heterocycles. The van der Waals surface area contributed by atoms with Gasteiger partial charge in [-0.1, -0.05) is 0 Å². The molecule has 2 atom stereocenters. The van der Waals surface area contributed by atoms with E-state index in [1.54, 1.807) is 0 Å². The molecule has 0 spiro atoms. The van der Waals surface area contributed by atoms with Gasteiger partial charge in [-0.2, -0.15) is 13.2 Å². The van der Waals surface area contributed by atoms with E-state index >= 15 is 0 Å². The lowest BCUT2D eigenvalue weighted by Gasteiger charge is -2.33. The Bertz CT molecular complexity index is 319. The Morgan fingerprint density at radius 3 is 2.63 bits per heavy atom. The molecule has 1 amide bonds. The second-order valence-corrected chi connectivity index (χ2v) is 5.28. The largest absolute Gasteiger partial charge is 0.411 e. The van der Waals surface area contributed by atoms with Crippen LogP contribution in [-0.2, 0) is 9.53 Å². The normalized spacial score (nSPS) is 28.8. The Kier molecular flexibility index (Phi) is 4.67. The summed E-state index contributed by atoms with van der Waals surface area (Å²) in [5.41, 5.74) is 0. The van der Waals surface area contributed by atoms with Crippen LogP contribution in [0.4, 0.5) is 13.2 Å². The highest BCUT2D eigenvalue weighted by Gasteiger charge is 2.32. The third kappa shape index (κ3) is 4.65. The molecule has 1 saturated heterocycles. The summed E-state index contributed by atoms with van der Waals surface area (Å²) >= 11 is 0. The van der Waals surface area contributed by atoms with Gasteiger partial charge in [0.25, 0.3) is 0 Å². The molecule has 0 aromatic carbocycles. The van der Waals surface area contributed by atoms with Crippen molar-refractivity contribution in [2.75, 3.05) is 19.7 Å². The van der Waals surface area contributed by atoms with Crippen LogP contribution >= 0.6 is 0 Å². The maximum atomic E-state index is 12.1. The van der Waals surface area contributed by atoms with Crippen molar-refractivity contribution in [2.45, 2.75) is 44.0 Å². The molecular formula is C12H19F3N2O2. The van der Waals surface area contributed by atoms with Crippen molar-refractivity contribution >= 4 is 5.91 Å². The molecule has 7 heteroatoms. The van der Waals surface area contributed by atoms with Crippen LogP contribution in [0.5, 0.6) is 0 Å². The number of alkyl halides is 3. The number of rotatable bonds is 4. The molecular weight excluding hydrogens is 261 g/mol. The quantitative estimate of drug-likeness (QED) is 0.814. The van der Waals surface area contributed by atoms with Crippen molar-refractivity contribution in [2.24, 2.45) is 5.92 Å². The highest BCUT2D eigenvalue weighted by Crippen LogP contribution is 2.24. The maximum absolute atomic E-state index is 12.1. The van der Waals surface area contributed by atoms with E-state index in [2.05, 4.69) is 10.6 Å². The van der Waals surface area contributed by atoms with Gasteiger partial charge in [0.05, 0.1) is 12.0 Å². The topological polar surface area (TPSA) is 50.4 Å². The number of carbonyl (C=O) groups is 1. The minimum atomic E-state index is -4.28. The van der Waals surface area contributed by atoms with Gasteiger partial charge in [-0.05, 0) is 25.7 Å². The van der Waals surface area contributed by atoms with Crippen molar-refractivity contribution in [3.63, 3.8) is 0 Å². The minimum Gasteiger partial charge on any atom is -0.369 e. The summed E-state index contributed by atoms with van der Waals surface area (Å²) < 4.78 is 41.1. The number of nitrogens with one attached hydrogen (secondary N) is 2. The summed E-state index contributed by atoms with van der Waals surface area (Å²) in [7, 11) is 0. The van der Waals surface area contributed by atoms with Crippen molar-refractivity contribution in [3.8, 4) is 0 Å². The molecule has 1 saturated carbocycles. The van der Waals surface area contributed by atoms with Crippen LogP contribution < -0.4 is 10.6 Å². The number of halogens is 3. The fourth-order valence-corrected chi connectivity index (χ4v) is 2.43. The molecule has 0 bridgehead atoms. The Morgan fingerprint density at radius 2 is 2.05 bits per heavy atom. The summed E-state index contributed by atoms with van der Waals surface area (Å²) in [5, 5.41) is 5.92. The number of hydrogen-bond donors (Lipinski definition) is 2. The minimum absolute atomic E-state index is 0.000205. The van der Waals surface area contributed by atoms with Crippen LogP contribution in [0.25, 0.3) is 0 Å². The maximum Gasteiger partial charge on any atom is 0.411 e. The van der Waals surface area contributed by atoms with Crippen LogP contribution in [0.15, 0.2) is 0 Å². The molecule has 2 aliphatic rings. The molecule has 4 nitrogen and oxygen atoms in total. The lowest BCUT2D eigenvalue weighted by atomic mass is 9.92. The standard InChI is InChI=1S/C12H19F3N2O2/c13-12(14,15)7-19-10-3-1-2-9(4-10)17-11(18)8-5-16-6-8/h8-10,16H,1-7H2,(H,17,18). The SMILES string of the molecule is O=C(NC1CCCC(OCC(F)(F)F)C1)C1CNC1. The van der Waals surface area contributed by atoms with Crippen LogP contribution in [0.1, 0.15) is 25.7 Å². The number of ether oxygens (including phenoxy) is 1. The van der Waals surface area contributed by atoms with E-state index in [-0.39, 0.29) is 17.9 Å². The summed E-state index contributed by atoms with van der Waals surface area (Å²) in [6.07, 6.45) is -1.97. The van der Waals surface area contributed by atoms with E-state index in [1.807, 2.05) is 0 Å². The van der Waals surface area contributed by atoms with E-state index in [0.29, 0.717) is 25.9 Å². The first-order chi connectivity index (χ1) is 8.94. The van der Waals surface area contributed by atoms with Crippen LogP contribution in [-0.4, -0.2) is 43.9 Å². The third-order valence-electron chi connectivity index (χ3n) is 3.61. The number of amides is 1. The predicted octanol–water partition coefficient (Wildman–Crippen LogP) is 1.21. The van der Waals surface area contributed by atoms with Crippen LogP contribution in [0.2, 0.25) is 0 Å². The first kappa shape index (κ1) is 14.6. The van der Waals surface area contributed by atoms with E-state index in [1.165, 1.54) is 0 Å². The van der Waals surface area contributed by atoms with Gasteiger partial charge >= 0.3 is 6.18 Å². The molecule has 0 aromatic rings. The van der Waals surface area contributed by atoms with Crippen LogP contribution in [0, 0.1) is 5.92 Å². The Hall–Kier alpha value is -0.820. The van der Waals surface area contributed by atoms with Gasteiger partial charge in [0.15, 0.2) is 0 Å². The fraction of sp³-hybridized carbons (Fsp3) is 0.917. The summed E-state index contributed by atoms with van der Waals surface area (Å²) in [5.74, 6) is 0.0108. The van der Waals surface area contributed by atoms with Crippen LogP contribution in [0.3, 0.4) is 0 Å². The summed E-state index contributed by atoms with van der Waals surface area (Å²) in [6, 6.07) is -0.0555. The zero-order valence-corrected chi connectivity index (χ0v) is 10.6. The highest BCUT2D eigenvalue weighted by atomic mass is 19.4. The zero-order valence-electron chi connectivity index (χ0n) is 10.6. The molecule has 1 aliphatic carbocycles. The van der Waals surface area contributed by atoms with E-state index in [9.17, 15) is 18.0 Å². The number of carbonyl (C=O) groups excluding carboxylic acids is 1. The molecule has 110 valence electrons. The lowest BCUT2D eigenvalue weighted by Crippen LogP contribution is -2.53. The van der Waals surface area contributed by atoms with Crippen molar-refractivity contribution in [1.29, 1.82) is 0 Å². The van der Waals surface area contributed by atoms with Crippen molar-refractivity contribution < 1.29 is 22.7 Å². The van der Waals surface area contributed by atoms with E-state index < -0.39 is 18.9 Å². The zero-order chi connectivity index (χ0) is 13.9. The van der Waals surface area contributed by atoms with Gasteiger partial charge < -0.3 is 15.4 Å². The molecule has 0 aromatic heterocycles. The Labute approximate surface area is 110 Å². The first-order valence-electron chi connectivity index (χ1n) is 6.63. The van der Waals surface area contributed by atoms with Gasteiger partial charge in [-0.3, -0.25) is 4.79 Å². The van der Waals surface area contributed by atoms with Gasteiger partial charge in [-0.15, -0.1) is 0 Å².